The third-order valence-corrected chi connectivity index (χ3v) is 3.85. The van der Waals surface area contributed by atoms with Crippen molar-refractivity contribution >= 4 is 21.6 Å². The zero-order valence-corrected chi connectivity index (χ0v) is 11.4. The van der Waals surface area contributed by atoms with Crippen molar-refractivity contribution in [3.63, 3.8) is 0 Å². The molecular formula is C12H18N2O3S. The maximum atomic E-state index is 11.6. The molecule has 0 saturated carbocycles. The fourth-order valence-corrected chi connectivity index (χ4v) is 1.98. The van der Waals surface area contributed by atoms with Gasteiger partial charge in [-0.15, -0.1) is 0 Å². The molecule has 0 saturated heterocycles. The summed E-state index contributed by atoms with van der Waals surface area (Å²) >= 11 is 0. The van der Waals surface area contributed by atoms with Crippen LogP contribution in [0.3, 0.4) is 0 Å². The first-order chi connectivity index (χ1) is 8.48. The van der Waals surface area contributed by atoms with E-state index in [0.29, 0.717) is 0 Å². The number of hydrogen-bond acceptors (Lipinski definition) is 3. The Balaban J connectivity index is 2.60. The van der Waals surface area contributed by atoms with Crippen molar-refractivity contribution in [3.8, 4) is 0 Å². The second kappa shape index (κ2) is 6.51. The van der Waals surface area contributed by atoms with Gasteiger partial charge in [0.1, 0.15) is 0 Å². The van der Waals surface area contributed by atoms with Gasteiger partial charge in [0.05, 0.1) is 12.3 Å². The maximum Gasteiger partial charge on any atom is 0.239 e. The van der Waals surface area contributed by atoms with Crippen LogP contribution in [0.15, 0.2) is 24.3 Å². The summed E-state index contributed by atoms with van der Waals surface area (Å²) in [6.07, 6.45) is 0.803. The number of sulfonamides is 1. The van der Waals surface area contributed by atoms with E-state index < -0.39 is 10.0 Å². The largest absolute Gasteiger partial charge is 0.325 e. The van der Waals surface area contributed by atoms with Crippen LogP contribution in [0, 0.1) is 0 Å². The van der Waals surface area contributed by atoms with Crippen LogP contribution < -0.4 is 10.0 Å². The lowest BCUT2D eigenvalue weighted by Gasteiger charge is -2.10. The molecule has 0 aromatic heterocycles. The van der Waals surface area contributed by atoms with Crippen LogP contribution in [0.4, 0.5) is 5.69 Å². The Bertz CT molecular complexity index is 512. The van der Waals surface area contributed by atoms with E-state index in [2.05, 4.69) is 10.0 Å². The Kier molecular flexibility index (Phi) is 5.30. The number of hydrogen-bond donors (Lipinski definition) is 2. The van der Waals surface area contributed by atoms with Crippen LogP contribution in [0.2, 0.25) is 0 Å². The summed E-state index contributed by atoms with van der Waals surface area (Å²) < 4.78 is 24.6. The third-order valence-electron chi connectivity index (χ3n) is 2.51. The normalized spacial score (nSPS) is 11.2. The first-order valence-corrected chi connectivity index (χ1v) is 7.48. The summed E-state index contributed by atoms with van der Waals surface area (Å²) in [5.74, 6) is -0.404. The predicted octanol–water partition coefficient (Wildman–Crippen LogP) is 1.13. The Hall–Kier alpha value is -1.40. The van der Waals surface area contributed by atoms with Crippen molar-refractivity contribution in [2.45, 2.75) is 20.3 Å². The number of carbonyl (C=O) groups is 1. The molecule has 1 aromatic rings. The van der Waals surface area contributed by atoms with E-state index in [-0.39, 0.29) is 18.2 Å². The summed E-state index contributed by atoms with van der Waals surface area (Å²) in [6, 6.07) is 7.44. The Morgan fingerprint density at radius 2 is 1.89 bits per heavy atom. The number of aryl methyl sites for hydroxylation is 1. The van der Waals surface area contributed by atoms with Crippen molar-refractivity contribution in [1.29, 1.82) is 0 Å². The minimum absolute atomic E-state index is 0.0359. The number of nitrogens with one attached hydrogen (secondary N) is 2. The molecule has 0 spiro atoms. The highest BCUT2D eigenvalue weighted by atomic mass is 32.2. The number of rotatable bonds is 6. The monoisotopic (exact) mass is 270 g/mol. The third kappa shape index (κ3) is 4.46. The molecule has 1 amide bonds. The van der Waals surface area contributed by atoms with Crippen molar-refractivity contribution in [2.24, 2.45) is 0 Å². The zero-order chi connectivity index (χ0) is 13.6. The van der Waals surface area contributed by atoms with E-state index in [1.54, 1.807) is 6.07 Å². The number of amides is 1. The van der Waals surface area contributed by atoms with Crippen molar-refractivity contribution < 1.29 is 13.2 Å². The molecule has 1 rings (SSSR count). The molecule has 0 fully saturated rings. The van der Waals surface area contributed by atoms with E-state index in [1.807, 2.05) is 25.1 Å². The summed E-state index contributed by atoms with van der Waals surface area (Å²) in [5, 5.41) is 2.69. The van der Waals surface area contributed by atoms with Gasteiger partial charge in [-0.25, -0.2) is 13.1 Å². The van der Waals surface area contributed by atoms with Gasteiger partial charge < -0.3 is 5.32 Å². The molecule has 0 atom stereocenters. The molecule has 1 aromatic carbocycles. The highest BCUT2D eigenvalue weighted by Gasteiger charge is 2.10. The average Bonchev–Trinajstić information content (AvgIpc) is 2.37. The van der Waals surface area contributed by atoms with Crippen LogP contribution in [0.25, 0.3) is 0 Å². The second-order valence-electron chi connectivity index (χ2n) is 3.78. The van der Waals surface area contributed by atoms with E-state index in [9.17, 15) is 13.2 Å². The minimum atomic E-state index is -3.33. The summed E-state index contributed by atoms with van der Waals surface area (Å²) in [4.78, 5) is 11.6. The van der Waals surface area contributed by atoms with Gasteiger partial charge in [-0.3, -0.25) is 4.79 Å². The van der Waals surface area contributed by atoms with Crippen molar-refractivity contribution in [3.05, 3.63) is 29.8 Å². The van der Waals surface area contributed by atoms with Crippen LogP contribution in [0.5, 0.6) is 0 Å². The SMILES string of the molecule is CCc1ccccc1NC(=O)CNS(=O)(=O)CC. The van der Waals surface area contributed by atoms with E-state index in [4.69, 9.17) is 0 Å². The van der Waals surface area contributed by atoms with Crippen molar-refractivity contribution in [2.75, 3.05) is 17.6 Å². The molecule has 0 aliphatic carbocycles. The van der Waals surface area contributed by atoms with Crippen molar-refractivity contribution in [1.82, 2.24) is 4.72 Å². The standard InChI is InChI=1S/C12H18N2O3S/c1-3-10-7-5-6-8-11(10)14-12(15)9-13-18(16,17)4-2/h5-8,13H,3-4,9H2,1-2H3,(H,14,15). The first kappa shape index (κ1) is 14.7. The summed E-state index contributed by atoms with van der Waals surface area (Å²) in [6.45, 7) is 3.27. The Morgan fingerprint density at radius 1 is 1.22 bits per heavy atom. The van der Waals surface area contributed by atoms with E-state index in [1.165, 1.54) is 6.92 Å². The van der Waals surface area contributed by atoms with E-state index in [0.717, 1.165) is 17.7 Å². The van der Waals surface area contributed by atoms with Crippen LogP contribution in [0.1, 0.15) is 19.4 Å². The maximum absolute atomic E-state index is 11.6. The van der Waals surface area contributed by atoms with Gasteiger partial charge in [-0.2, -0.15) is 0 Å². The molecule has 5 nitrogen and oxygen atoms in total. The van der Waals surface area contributed by atoms with Gasteiger partial charge in [0.15, 0.2) is 0 Å². The van der Waals surface area contributed by atoms with E-state index >= 15 is 0 Å². The molecule has 0 radical (unpaired) electrons. The number of carbonyl (C=O) groups excluding carboxylic acids is 1. The summed E-state index contributed by atoms with van der Waals surface area (Å²) in [7, 11) is -3.33. The van der Waals surface area contributed by atoms with Gasteiger partial charge in [0, 0.05) is 5.69 Å². The lowest BCUT2D eigenvalue weighted by molar-refractivity contribution is -0.115. The first-order valence-electron chi connectivity index (χ1n) is 5.83. The lowest BCUT2D eigenvalue weighted by atomic mass is 10.1. The molecule has 0 aliphatic heterocycles. The molecule has 2 N–H and O–H groups in total. The van der Waals surface area contributed by atoms with Crippen LogP contribution in [-0.4, -0.2) is 26.6 Å². The van der Waals surface area contributed by atoms with Crippen LogP contribution in [-0.2, 0) is 21.2 Å². The minimum Gasteiger partial charge on any atom is -0.325 e. The molecule has 0 aliphatic rings. The number of para-hydroxylation sites is 1. The predicted molar refractivity (Wildman–Crippen MR) is 71.9 cm³/mol. The molecule has 0 heterocycles. The fraction of sp³-hybridized carbons (Fsp3) is 0.417. The van der Waals surface area contributed by atoms with Gasteiger partial charge in [-0.05, 0) is 25.0 Å². The molecule has 18 heavy (non-hydrogen) atoms. The zero-order valence-electron chi connectivity index (χ0n) is 10.6. The van der Waals surface area contributed by atoms with Gasteiger partial charge in [0.2, 0.25) is 15.9 Å². The molecule has 100 valence electrons. The molecule has 6 heteroatoms. The average molecular weight is 270 g/mol. The number of benzene rings is 1. The highest BCUT2D eigenvalue weighted by Crippen LogP contribution is 2.14. The fourth-order valence-electron chi connectivity index (χ4n) is 1.42. The van der Waals surface area contributed by atoms with Gasteiger partial charge in [0.25, 0.3) is 0 Å². The Morgan fingerprint density at radius 3 is 2.50 bits per heavy atom. The molecule has 0 bridgehead atoms. The van der Waals surface area contributed by atoms with Gasteiger partial charge in [-0.1, -0.05) is 25.1 Å². The highest BCUT2D eigenvalue weighted by molar-refractivity contribution is 7.89. The smallest absolute Gasteiger partial charge is 0.239 e. The van der Waals surface area contributed by atoms with Gasteiger partial charge >= 0.3 is 0 Å². The quantitative estimate of drug-likeness (QED) is 0.813. The van der Waals surface area contributed by atoms with Crippen LogP contribution >= 0.6 is 0 Å². The second-order valence-corrected chi connectivity index (χ2v) is 5.88. The lowest BCUT2D eigenvalue weighted by Crippen LogP contribution is -2.33. The summed E-state index contributed by atoms with van der Waals surface area (Å²) in [5.41, 5.74) is 1.74. The number of anilines is 1. The molecular weight excluding hydrogens is 252 g/mol. The molecule has 0 unspecified atom stereocenters. The Labute approximate surface area is 108 Å². The topological polar surface area (TPSA) is 75.3 Å².